The lowest BCUT2D eigenvalue weighted by molar-refractivity contribution is -0.144. The third-order valence-corrected chi connectivity index (χ3v) is 7.74. The first kappa shape index (κ1) is 27.6. The molecule has 5 rings (SSSR count). The fourth-order valence-corrected chi connectivity index (χ4v) is 6.15. The molecule has 1 N–H and O–H groups in total. The van der Waals surface area contributed by atoms with E-state index in [2.05, 4.69) is 16.9 Å². The molecular formula is C30H30N4O7. The molecule has 0 bridgehead atoms. The van der Waals surface area contributed by atoms with Gasteiger partial charge >= 0.3 is 23.9 Å². The molecule has 3 atom stereocenters. The summed E-state index contributed by atoms with van der Waals surface area (Å²) in [6, 6.07) is 14.5. The summed E-state index contributed by atoms with van der Waals surface area (Å²) in [5.74, 6) is -2.18. The fraction of sp³-hybridized carbons (Fsp3) is 0.300. The monoisotopic (exact) mass is 558 g/mol. The van der Waals surface area contributed by atoms with E-state index in [1.807, 2.05) is 59.5 Å². The van der Waals surface area contributed by atoms with Crippen molar-refractivity contribution >= 4 is 35.5 Å². The van der Waals surface area contributed by atoms with Gasteiger partial charge in [0.1, 0.15) is 11.9 Å². The number of esters is 3. The Kier molecular flexibility index (Phi) is 7.36. The third-order valence-electron chi connectivity index (χ3n) is 7.74. The SMILES string of the molecule is C=CCNC(=O)N1C2=NC(C(=O)OC)=C(C(=O)OC)[C@@H]3N(Cc4ccccc4)c4ccccc4[C@]23C[C@H]1C(=O)OC. The molecule has 3 heterocycles. The van der Waals surface area contributed by atoms with Gasteiger partial charge in [-0.15, -0.1) is 6.58 Å². The Balaban J connectivity index is 1.83. The zero-order valence-corrected chi connectivity index (χ0v) is 23.0. The van der Waals surface area contributed by atoms with Gasteiger partial charge in [0.05, 0.1) is 38.4 Å². The van der Waals surface area contributed by atoms with Crippen molar-refractivity contribution in [2.45, 2.75) is 30.5 Å². The number of carbonyl (C=O) groups is 4. The first-order valence-corrected chi connectivity index (χ1v) is 13.0. The standard InChI is InChI=1S/C30H30N4O7/c1-5-15-31-29(38)34-21(25(35)39-2)16-30-19-13-9-10-14-20(19)33(17-18-11-7-6-8-12-18)24(30)22(26(36)40-3)23(27(37)41-4)32-28(30)34/h5-14,21,24H,1,15-17H2,2-4H3,(H,31,38)/t21-,24-,30-/m0/s1. The van der Waals surface area contributed by atoms with Gasteiger partial charge in [-0.1, -0.05) is 54.6 Å². The van der Waals surface area contributed by atoms with E-state index < -0.39 is 41.4 Å². The van der Waals surface area contributed by atoms with E-state index in [9.17, 15) is 19.2 Å². The first-order valence-electron chi connectivity index (χ1n) is 13.0. The van der Waals surface area contributed by atoms with Gasteiger partial charge in [0.15, 0.2) is 5.70 Å². The van der Waals surface area contributed by atoms with E-state index in [-0.39, 0.29) is 30.1 Å². The van der Waals surface area contributed by atoms with Gasteiger partial charge in [0, 0.05) is 18.8 Å². The number of hydrogen-bond acceptors (Lipinski definition) is 9. The molecule has 212 valence electrons. The van der Waals surface area contributed by atoms with Crippen LogP contribution in [0.2, 0.25) is 0 Å². The lowest BCUT2D eigenvalue weighted by atomic mass is 9.69. The van der Waals surface area contributed by atoms with Crippen LogP contribution in [0.4, 0.5) is 10.5 Å². The molecule has 2 amide bonds. The average molecular weight is 559 g/mol. The van der Waals surface area contributed by atoms with Crippen molar-refractivity contribution in [3.05, 3.63) is 89.6 Å². The van der Waals surface area contributed by atoms with Crippen LogP contribution < -0.4 is 10.2 Å². The van der Waals surface area contributed by atoms with E-state index in [1.165, 1.54) is 32.3 Å². The molecule has 0 saturated carbocycles. The molecule has 2 aromatic carbocycles. The zero-order chi connectivity index (χ0) is 29.3. The summed E-state index contributed by atoms with van der Waals surface area (Å²) in [5, 5.41) is 2.71. The van der Waals surface area contributed by atoms with Gasteiger partial charge in [0.25, 0.3) is 0 Å². The van der Waals surface area contributed by atoms with E-state index in [0.717, 1.165) is 16.8 Å². The Bertz CT molecular complexity index is 1480. The average Bonchev–Trinajstić information content (AvgIpc) is 3.50. The number of urea groups is 1. The summed E-state index contributed by atoms with van der Waals surface area (Å²) in [4.78, 5) is 61.4. The molecule has 3 aliphatic heterocycles. The largest absolute Gasteiger partial charge is 0.467 e. The van der Waals surface area contributed by atoms with Gasteiger partial charge < -0.3 is 24.4 Å². The zero-order valence-electron chi connectivity index (χ0n) is 23.0. The second kappa shape index (κ2) is 10.9. The highest BCUT2D eigenvalue weighted by atomic mass is 16.5. The molecule has 2 aromatic rings. The normalized spacial score (nSPS) is 22.2. The number of likely N-dealkylation sites (tertiary alicyclic amines) is 1. The van der Waals surface area contributed by atoms with Crippen LogP contribution in [0, 0.1) is 0 Å². The number of hydrogen-bond donors (Lipinski definition) is 1. The van der Waals surface area contributed by atoms with Crippen molar-refractivity contribution in [1.29, 1.82) is 0 Å². The summed E-state index contributed by atoms with van der Waals surface area (Å²) in [5.41, 5.74) is 0.934. The van der Waals surface area contributed by atoms with Crippen LogP contribution in [0.25, 0.3) is 0 Å². The number of methoxy groups -OCH3 is 3. The molecule has 1 fully saturated rings. The van der Waals surface area contributed by atoms with Crippen molar-refractivity contribution < 1.29 is 33.4 Å². The molecule has 41 heavy (non-hydrogen) atoms. The van der Waals surface area contributed by atoms with Gasteiger partial charge in [-0.25, -0.2) is 24.2 Å². The summed E-state index contributed by atoms with van der Waals surface area (Å²) in [6.07, 6.45) is 1.55. The predicted octanol–water partition coefficient (Wildman–Crippen LogP) is 2.47. The van der Waals surface area contributed by atoms with E-state index in [1.54, 1.807) is 0 Å². The van der Waals surface area contributed by atoms with Gasteiger partial charge in [0.2, 0.25) is 0 Å². The van der Waals surface area contributed by atoms with E-state index in [4.69, 9.17) is 14.2 Å². The Hall–Kier alpha value is -4.93. The number of anilines is 1. The second-order valence-corrected chi connectivity index (χ2v) is 9.77. The second-order valence-electron chi connectivity index (χ2n) is 9.77. The first-order chi connectivity index (χ1) is 19.8. The highest BCUT2D eigenvalue weighted by Gasteiger charge is 2.67. The highest BCUT2D eigenvalue weighted by Crippen LogP contribution is 2.58. The minimum Gasteiger partial charge on any atom is -0.467 e. The van der Waals surface area contributed by atoms with Crippen molar-refractivity contribution in [2.24, 2.45) is 4.99 Å². The molecule has 1 spiro atoms. The maximum absolute atomic E-state index is 13.6. The van der Waals surface area contributed by atoms with Gasteiger partial charge in [-0.3, -0.25) is 4.90 Å². The molecule has 0 aliphatic carbocycles. The molecule has 1 saturated heterocycles. The number of carbonyl (C=O) groups excluding carboxylic acids is 4. The Morgan fingerprint density at radius 1 is 1.00 bits per heavy atom. The fourth-order valence-electron chi connectivity index (χ4n) is 6.15. The van der Waals surface area contributed by atoms with Crippen molar-refractivity contribution in [3.63, 3.8) is 0 Å². The molecular weight excluding hydrogens is 528 g/mol. The number of amides is 2. The van der Waals surface area contributed by atoms with Crippen LogP contribution in [0.5, 0.6) is 0 Å². The molecule has 3 aliphatic rings. The number of rotatable bonds is 7. The van der Waals surface area contributed by atoms with Crippen molar-refractivity contribution in [1.82, 2.24) is 10.2 Å². The summed E-state index contributed by atoms with van der Waals surface area (Å²) in [7, 11) is 3.64. The van der Waals surface area contributed by atoms with Crippen LogP contribution >= 0.6 is 0 Å². The smallest absolute Gasteiger partial charge is 0.357 e. The van der Waals surface area contributed by atoms with Crippen LogP contribution in [0.15, 0.2) is 83.5 Å². The van der Waals surface area contributed by atoms with Crippen molar-refractivity contribution in [3.8, 4) is 0 Å². The number of para-hydroxylation sites is 1. The Morgan fingerprint density at radius 2 is 1.68 bits per heavy atom. The summed E-state index contributed by atoms with van der Waals surface area (Å²) in [6.45, 7) is 4.11. The van der Waals surface area contributed by atoms with Crippen LogP contribution in [-0.4, -0.2) is 74.6 Å². The quantitative estimate of drug-likeness (QED) is 0.312. The molecule has 11 nitrogen and oxygen atoms in total. The number of fused-ring (bicyclic) bond motifs is 1. The van der Waals surface area contributed by atoms with Crippen molar-refractivity contribution in [2.75, 3.05) is 32.8 Å². The third kappa shape index (κ3) is 4.24. The van der Waals surface area contributed by atoms with Crippen LogP contribution in [-0.2, 0) is 40.6 Å². The van der Waals surface area contributed by atoms with E-state index in [0.29, 0.717) is 6.54 Å². The van der Waals surface area contributed by atoms with Gasteiger partial charge in [-0.2, -0.15) is 0 Å². The Morgan fingerprint density at radius 3 is 2.34 bits per heavy atom. The summed E-state index contributed by atoms with van der Waals surface area (Å²) < 4.78 is 15.4. The van der Waals surface area contributed by atoms with E-state index >= 15 is 0 Å². The maximum atomic E-state index is 13.6. The molecule has 0 aromatic heterocycles. The predicted molar refractivity (Wildman–Crippen MR) is 149 cm³/mol. The number of nitrogens with zero attached hydrogens (tertiary/aromatic N) is 3. The number of nitrogens with one attached hydrogen (secondary N) is 1. The highest BCUT2D eigenvalue weighted by molar-refractivity contribution is 6.17. The lowest BCUT2D eigenvalue weighted by Crippen LogP contribution is -2.56. The molecule has 11 heteroatoms. The maximum Gasteiger partial charge on any atom is 0.357 e. The minimum absolute atomic E-state index is 0.0211. The van der Waals surface area contributed by atoms with Crippen LogP contribution in [0.1, 0.15) is 17.5 Å². The lowest BCUT2D eigenvalue weighted by Gasteiger charge is -2.40. The van der Waals surface area contributed by atoms with Crippen LogP contribution in [0.3, 0.4) is 0 Å². The number of ether oxygens (including phenoxy) is 3. The molecule has 0 unspecified atom stereocenters. The topological polar surface area (TPSA) is 127 Å². The summed E-state index contributed by atoms with van der Waals surface area (Å²) >= 11 is 0. The molecule has 0 radical (unpaired) electrons. The Labute approximate surface area is 237 Å². The number of benzene rings is 2. The minimum atomic E-state index is -1.20. The van der Waals surface area contributed by atoms with Gasteiger partial charge in [-0.05, 0) is 23.6 Å². The number of amidine groups is 1. The number of aliphatic imine (C=N–C) groups is 1.